The van der Waals surface area contributed by atoms with Crippen molar-refractivity contribution in [3.63, 3.8) is 0 Å². The van der Waals surface area contributed by atoms with Crippen LogP contribution in [0.5, 0.6) is 11.5 Å². The fraction of sp³-hybridized carbons (Fsp3) is 0.412. The molecule has 0 radical (unpaired) electrons. The average Bonchev–Trinajstić information content (AvgIpc) is 2.96. The second-order valence-electron chi connectivity index (χ2n) is 5.99. The number of amides is 2. The summed E-state index contributed by atoms with van der Waals surface area (Å²) >= 11 is 0. The molecule has 0 fully saturated rings. The van der Waals surface area contributed by atoms with Crippen LogP contribution in [-0.4, -0.2) is 40.2 Å². The lowest BCUT2D eigenvalue weighted by Crippen LogP contribution is -2.43. The number of carbonyl (C=O) groups excluding carboxylic acids is 1. The molecule has 2 aromatic rings. The van der Waals surface area contributed by atoms with Crippen molar-refractivity contribution < 1.29 is 14.3 Å². The Morgan fingerprint density at radius 3 is 3.00 bits per heavy atom. The summed E-state index contributed by atoms with van der Waals surface area (Å²) in [6.45, 7) is 3.86. The van der Waals surface area contributed by atoms with Gasteiger partial charge in [-0.3, -0.25) is 0 Å². The van der Waals surface area contributed by atoms with Gasteiger partial charge in [-0.15, -0.1) is 0 Å². The standard InChI is InChI=1S/C17H20N4O3/c22-17(20-4-5-21-12-18-10-14(21)11-20)19-9-13-2-3-15-16(8-13)24-7-1-6-23-15/h2-3,8,10,12H,1,4-7,9,11H2,(H,19,22). The average molecular weight is 328 g/mol. The Morgan fingerprint density at radius 2 is 2.08 bits per heavy atom. The second kappa shape index (κ2) is 6.43. The topological polar surface area (TPSA) is 68.6 Å². The van der Waals surface area contributed by atoms with Crippen molar-refractivity contribution in [3.05, 3.63) is 42.0 Å². The van der Waals surface area contributed by atoms with E-state index in [0.29, 0.717) is 32.8 Å². The molecule has 1 aromatic carbocycles. The van der Waals surface area contributed by atoms with Crippen molar-refractivity contribution in [2.75, 3.05) is 19.8 Å². The van der Waals surface area contributed by atoms with Gasteiger partial charge in [0.15, 0.2) is 11.5 Å². The quantitative estimate of drug-likeness (QED) is 0.912. The van der Waals surface area contributed by atoms with Crippen LogP contribution < -0.4 is 14.8 Å². The zero-order chi connectivity index (χ0) is 16.4. The van der Waals surface area contributed by atoms with Gasteiger partial charge in [-0.05, 0) is 17.7 Å². The summed E-state index contributed by atoms with van der Waals surface area (Å²) in [5.74, 6) is 1.52. The fourth-order valence-corrected chi connectivity index (χ4v) is 2.96. The van der Waals surface area contributed by atoms with E-state index in [2.05, 4.69) is 14.9 Å². The number of urea groups is 1. The third kappa shape index (κ3) is 3.02. The van der Waals surface area contributed by atoms with Gasteiger partial charge in [0.25, 0.3) is 0 Å². The van der Waals surface area contributed by atoms with E-state index >= 15 is 0 Å². The highest BCUT2D eigenvalue weighted by atomic mass is 16.5. The summed E-state index contributed by atoms with van der Waals surface area (Å²) in [7, 11) is 0. The zero-order valence-electron chi connectivity index (χ0n) is 13.4. The number of benzene rings is 1. The molecule has 2 amide bonds. The summed E-state index contributed by atoms with van der Waals surface area (Å²) < 4.78 is 13.4. The van der Waals surface area contributed by atoms with Gasteiger partial charge in [-0.1, -0.05) is 6.07 Å². The first kappa shape index (κ1) is 14.9. The van der Waals surface area contributed by atoms with Crippen LogP contribution in [0, 0.1) is 0 Å². The van der Waals surface area contributed by atoms with Crippen LogP contribution in [0.3, 0.4) is 0 Å². The molecular weight excluding hydrogens is 308 g/mol. The minimum absolute atomic E-state index is 0.0606. The fourth-order valence-electron chi connectivity index (χ4n) is 2.96. The monoisotopic (exact) mass is 328 g/mol. The highest BCUT2D eigenvalue weighted by Crippen LogP contribution is 2.30. The van der Waals surface area contributed by atoms with E-state index in [9.17, 15) is 4.79 Å². The smallest absolute Gasteiger partial charge is 0.318 e. The van der Waals surface area contributed by atoms with Gasteiger partial charge < -0.3 is 24.3 Å². The van der Waals surface area contributed by atoms with Gasteiger partial charge in [0, 0.05) is 32.3 Å². The summed E-state index contributed by atoms with van der Waals surface area (Å²) in [6, 6.07) is 5.74. The number of imidazole rings is 1. The molecule has 0 aliphatic carbocycles. The number of nitrogens with one attached hydrogen (secondary N) is 1. The Balaban J connectivity index is 1.37. The molecule has 3 heterocycles. The summed E-state index contributed by atoms with van der Waals surface area (Å²) in [5, 5.41) is 2.98. The van der Waals surface area contributed by atoms with E-state index in [1.807, 2.05) is 30.7 Å². The van der Waals surface area contributed by atoms with Gasteiger partial charge in [0.05, 0.1) is 31.8 Å². The molecule has 7 heteroatoms. The number of rotatable bonds is 2. The molecule has 0 bridgehead atoms. The maximum Gasteiger partial charge on any atom is 0.318 e. The van der Waals surface area contributed by atoms with Gasteiger partial charge in [0.2, 0.25) is 0 Å². The van der Waals surface area contributed by atoms with Crippen LogP contribution >= 0.6 is 0 Å². The lowest BCUT2D eigenvalue weighted by atomic mass is 10.2. The maximum absolute atomic E-state index is 12.4. The van der Waals surface area contributed by atoms with E-state index in [4.69, 9.17) is 9.47 Å². The first-order valence-electron chi connectivity index (χ1n) is 8.20. The Labute approximate surface area is 140 Å². The molecule has 0 spiro atoms. The first-order chi connectivity index (χ1) is 11.8. The predicted molar refractivity (Wildman–Crippen MR) is 86.9 cm³/mol. The van der Waals surface area contributed by atoms with Gasteiger partial charge in [-0.2, -0.15) is 0 Å². The Hall–Kier alpha value is -2.70. The lowest BCUT2D eigenvalue weighted by molar-refractivity contribution is 0.183. The molecule has 7 nitrogen and oxygen atoms in total. The SMILES string of the molecule is O=C(NCc1ccc2c(c1)OCCCO2)N1CCn2cncc2C1. The molecule has 126 valence electrons. The molecule has 4 rings (SSSR count). The van der Waals surface area contributed by atoms with Gasteiger partial charge >= 0.3 is 6.03 Å². The van der Waals surface area contributed by atoms with Crippen molar-refractivity contribution in [1.29, 1.82) is 0 Å². The number of fused-ring (bicyclic) bond motifs is 2. The number of ether oxygens (including phenoxy) is 2. The number of nitrogens with zero attached hydrogens (tertiary/aromatic N) is 3. The van der Waals surface area contributed by atoms with Crippen molar-refractivity contribution in [1.82, 2.24) is 19.8 Å². The van der Waals surface area contributed by atoms with Crippen molar-refractivity contribution in [2.45, 2.75) is 26.1 Å². The zero-order valence-corrected chi connectivity index (χ0v) is 13.4. The van der Waals surface area contributed by atoms with Crippen molar-refractivity contribution in [2.24, 2.45) is 0 Å². The van der Waals surface area contributed by atoms with E-state index in [1.165, 1.54) is 0 Å². The van der Waals surface area contributed by atoms with Crippen molar-refractivity contribution >= 4 is 6.03 Å². The maximum atomic E-state index is 12.4. The molecular formula is C17H20N4O3. The molecule has 1 aromatic heterocycles. The summed E-state index contributed by atoms with van der Waals surface area (Å²) in [4.78, 5) is 18.3. The van der Waals surface area contributed by atoms with E-state index in [1.54, 1.807) is 4.90 Å². The van der Waals surface area contributed by atoms with Gasteiger partial charge in [0.1, 0.15) is 0 Å². The Kier molecular flexibility index (Phi) is 3.98. The van der Waals surface area contributed by atoms with Crippen molar-refractivity contribution in [3.8, 4) is 11.5 Å². The van der Waals surface area contributed by atoms with Crippen LogP contribution in [-0.2, 0) is 19.6 Å². The Bertz CT molecular complexity index is 743. The summed E-state index contributed by atoms with van der Waals surface area (Å²) in [6.07, 6.45) is 4.50. The van der Waals surface area contributed by atoms with Gasteiger partial charge in [-0.25, -0.2) is 9.78 Å². The normalized spacial score (nSPS) is 16.2. The van der Waals surface area contributed by atoms with Crippen LogP contribution in [0.2, 0.25) is 0 Å². The Morgan fingerprint density at radius 1 is 1.21 bits per heavy atom. The minimum atomic E-state index is -0.0606. The number of hydrogen-bond acceptors (Lipinski definition) is 4. The second-order valence-corrected chi connectivity index (χ2v) is 5.99. The third-order valence-corrected chi connectivity index (χ3v) is 4.31. The minimum Gasteiger partial charge on any atom is -0.490 e. The van der Waals surface area contributed by atoms with E-state index < -0.39 is 0 Å². The van der Waals surface area contributed by atoms with E-state index in [0.717, 1.165) is 35.7 Å². The highest BCUT2D eigenvalue weighted by Gasteiger charge is 2.20. The summed E-state index contributed by atoms with van der Waals surface area (Å²) in [5.41, 5.74) is 2.06. The predicted octanol–water partition coefficient (Wildman–Crippen LogP) is 1.77. The molecule has 0 atom stereocenters. The number of aromatic nitrogens is 2. The van der Waals surface area contributed by atoms with Crippen LogP contribution in [0.25, 0.3) is 0 Å². The highest BCUT2D eigenvalue weighted by molar-refractivity contribution is 5.74. The molecule has 0 saturated carbocycles. The lowest BCUT2D eigenvalue weighted by Gasteiger charge is -2.28. The van der Waals surface area contributed by atoms with Crippen LogP contribution in [0.15, 0.2) is 30.7 Å². The molecule has 1 N–H and O–H groups in total. The largest absolute Gasteiger partial charge is 0.490 e. The third-order valence-electron chi connectivity index (χ3n) is 4.31. The molecule has 0 saturated heterocycles. The number of carbonyl (C=O) groups is 1. The molecule has 24 heavy (non-hydrogen) atoms. The number of hydrogen-bond donors (Lipinski definition) is 1. The first-order valence-corrected chi connectivity index (χ1v) is 8.20. The van der Waals surface area contributed by atoms with Crippen LogP contribution in [0.1, 0.15) is 17.7 Å². The molecule has 2 aliphatic rings. The van der Waals surface area contributed by atoms with E-state index in [-0.39, 0.29) is 6.03 Å². The van der Waals surface area contributed by atoms with Crippen LogP contribution in [0.4, 0.5) is 4.79 Å². The molecule has 0 unspecified atom stereocenters. The molecule has 2 aliphatic heterocycles.